The normalized spacial score (nSPS) is 21.9. The van der Waals surface area contributed by atoms with Gasteiger partial charge in [-0.05, 0) is 31.9 Å². The van der Waals surface area contributed by atoms with E-state index < -0.39 is 6.10 Å². The summed E-state index contributed by atoms with van der Waals surface area (Å²) >= 11 is 1.67. The summed E-state index contributed by atoms with van der Waals surface area (Å²) in [6.45, 7) is 2.07. The molecule has 0 amide bonds. The Bertz CT molecular complexity index is 339. The maximum absolute atomic E-state index is 10.5. The predicted molar refractivity (Wildman–Crippen MR) is 66.8 cm³/mol. The number of thiophene rings is 1. The smallest absolute Gasteiger partial charge is 0.117 e. The van der Waals surface area contributed by atoms with Crippen LogP contribution in [0.25, 0.3) is 0 Å². The third-order valence-electron chi connectivity index (χ3n) is 3.64. The van der Waals surface area contributed by atoms with Crippen molar-refractivity contribution in [3.8, 4) is 0 Å². The number of aryl methyl sites for hydroxylation is 1. The molecule has 1 heterocycles. The lowest BCUT2D eigenvalue weighted by Crippen LogP contribution is -2.40. The van der Waals surface area contributed by atoms with Gasteiger partial charge in [0.2, 0.25) is 0 Å². The van der Waals surface area contributed by atoms with Crippen LogP contribution in [0.1, 0.15) is 48.0 Å². The second-order valence-electron chi connectivity index (χ2n) is 4.68. The lowest BCUT2D eigenvalue weighted by molar-refractivity contribution is -0.124. The van der Waals surface area contributed by atoms with Crippen LogP contribution in [-0.4, -0.2) is 17.8 Å². The van der Waals surface area contributed by atoms with Crippen molar-refractivity contribution in [3.05, 3.63) is 21.9 Å². The molecule has 16 heavy (non-hydrogen) atoms. The van der Waals surface area contributed by atoms with Crippen molar-refractivity contribution in [2.45, 2.75) is 50.7 Å². The quantitative estimate of drug-likeness (QED) is 0.877. The third kappa shape index (κ3) is 2.17. The Morgan fingerprint density at radius 3 is 2.50 bits per heavy atom. The van der Waals surface area contributed by atoms with Crippen molar-refractivity contribution < 1.29 is 9.84 Å². The maximum Gasteiger partial charge on any atom is 0.117 e. The summed E-state index contributed by atoms with van der Waals surface area (Å²) in [5, 5.41) is 10.5. The van der Waals surface area contributed by atoms with Crippen molar-refractivity contribution in [2.75, 3.05) is 7.11 Å². The Balaban J connectivity index is 2.20. The van der Waals surface area contributed by atoms with Crippen molar-refractivity contribution >= 4 is 11.3 Å². The SMILES string of the molecule is COC1(C(O)c2ccc(C)s2)CCCCC1. The van der Waals surface area contributed by atoms with E-state index >= 15 is 0 Å². The fourth-order valence-corrected chi connectivity index (χ4v) is 3.57. The molecule has 1 N–H and O–H groups in total. The van der Waals surface area contributed by atoms with Gasteiger partial charge in [-0.15, -0.1) is 11.3 Å². The van der Waals surface area contributed by atoms with Crippen molar-refractivity contribution in [1.29, 1.82) is 0 Å². The predicted octanol–water partition coefficient (Wildman–Crippen LogP) is 3.44. The zero-order valence-corrected chi connectivity index (χ0v) is 10.8. The van der Waals surface area contributed by atoms with Crippen LogP contribution in [0.4, 0.5) is 0 Å². The molecule has 0 aliphatic heterocycles. The van der Waals surface area contributed by atoms with Crippen LogP contribution in [0.3, 0.4) is 0 Å². The lowest BCUT2D eigenvalue weighted by Gasteiger charge is -2.39. The van der Waals surface area contributed by atoms with Gasteiger partial charge in [-0.3, -0.25) is 0 Å². The first-order valence-electron chi connectivity index (χ1n) is 5.97. The molecule has 1 saturated carbocycles. The second-order valence-corrected chi connectivity index (χ2v) is 6.00. The number of hydrogen-bond donors (Lipinski definition) is 1. The summed E-state index contributed by atoms with van der Waals surface area (Å²) in [6, 6.07) is 4.09. The van der Waals surface area contributed by atoms with Crippen LogP contribution in [0.5, 0.6) is 0 Å². The minimum atomic E-state index is -0.462. The van der Waals surface area contributed by atoms with E-state index in [2.05, 4.69) is 13.0 Å². The number of ether oxygens (including phenoxy) is 1. The van der Waals surface area contributed by atoms with Crippen molar-refractivity contribution in [3.63, 3.8) is 0 Å². The molecule has 1 aliphatic rings. The molecule has 1 aromatic heterocycles. The van der Waals surface area contributed by atoms with Gasteiger partial charge in [0, 0.05) is 16.9 Å². The summed E-state index contributed by atoms with van der Waals surface area (Å²) in [6.07, 6.45) is 5.08. The van der Waals surface area contributed by atoms with Gasteiger partial charge in [0.15, 0.2) is 0 Å². The van der Waals surface area contributed by atoms with Crippen molar-refractivity contribution in [1.82, 2.24) is 0 Å². The van der Waals surface area contributed by atoms with Crippen LogP contribution in [0.15, 0.2) is 12.1 Å². The summed E-state index contributed by atoms with van der Waals surface area (Å²) < 4.78 is 5.66. The fraction of sp³-hybridized carbons (Fsp3) is 0.692. The molecule has 1 fully saturated rings. The van der Waals surface area contributed by atoms with E-state index in [0.29, 0.717) is 0 Å². The molecular formula is C13H20O2S. The Morgan fingerprint density at radius 2 is 2.00 bits per heavy atom. The third-order valence-corrected chi connectivity index (χ3v) is 4.69. The maximum atomic E-state index is 10.5. The Labute approximate surface area is 101 Å². The highest BCUT2D eigenvalue weighted by molar-refractivity contribution is 7.12. The number of aliphatic hydroxyl groups excluding tert-OH is 1. The molecule has 0 bridgehead atoms. The first-order valence-corrected chi connectivity index (χ1v) is 6.79. The average molecular weight is 240 g/mol. The van der Waals surface area contributed by atoms with Crippen LogP contribution in [0.2, 0.25) is 0 Å². The standard InChI is InChI=1S/C13H20O2S/c1-10-6-7-11(16-10)12(14)13(15-2)8-4-3-5-9-13/h6-7,12,14H,3-5,8-9H2,1-2H3. The van der Waals surface area contributed by atoms with Crippen LogP contribution < -0.4 is 0 Å². The number of methoxy groups -OCH3 is 1. The zero-order chi connectivity index (χ0) is 11.6. The summed E-state index contributed by atoms with van der Waals surface area (Å²) in [7, 11) is 1.73. The van der Waals surface area contributed by atoms with Gasteiger partial charge >= 0.3 is 0 Å². The Morgan fingerprint density at radius 1 is 1.31 bits per heavy atom. The summed E-state index contributed by atoms with van der Waals surface area (Å²) in [5.41, 5.74) is -0.338. The molecule has 1 atom stereocenters. The highest BCUT2D eigenvalue weighted by atomic mass is 32.1. The van der Waals surface area contributed by atoms with E-state index in [1.54, 1.807) is 18.4 Å². The van der Waals surface area contributed by atoms with Gasteiger partial charge in [-0.2, -0.15) is 0 Å². The molecule has 1 unspecified atom stereocenters. The molecule has 2 nitrogen and oxygen atoms in total. The molecule has 0 radical (unpaired) electrons. The van der Waals surface area contributed by atoms with Gasteiger partial charge in [-0.25, -0.2) is 0 Å². The molecule has 1 aromatic rings. The minimum absolute atomic E-state index is 0.338. The molecule has 0 saturated heterocycles. The fourth-order valence-electron chi connectivity index (χ4n) is 2.60. The van der Waals surface area contributed by atoms with E-state index in [-0.39, 0.29) is 5.60 Å². The highest BCUT2D eigenvalue weighted by Gasteiger charge is 2.40. The monoisotopic (exact) mass is 240 g/mol. The van der Waals surface area contributed by atoms with Crippen LogP contribution in [0, 0.1) is 6.92 Å². The molecule has 3 heteroatoms. The van der Waals surface area contributed by atoms with Crippen LogP contribution >= 0.6 is 11.3 Å². The minimum Gasteiger partial charge on any atom is -0.385 e. The summed E-state index contributed by atoms with van der Waals surface area (Å²) in [5.74, 6) is 0. The van der Waals surface area contributed by atoms with Gasteiger partial charge in [0.05, 0.1) is 5.60 Å². The summed E-state index contributed by atoms with van der Waals surface area (Å²) in [4.78, 5) is 2.29. The van der Waals surface area contributed by atoms with E-state index in [0.717, 1.165) is 30.6 Å². The van der Waals surface area contributed by atoms with Gasteiger partial charge in [0.25, 0.3) is 0 Å². The number of rotatable bonds is 3. The average Bonchev–Trinajstić information content (AvgIpc) is 2.76. The molecule has 90 valence electrons. The van der Waals surface area contributed by atoms with E-state index in [4.69, 9.17) is 4.74 Å². The second kappa shape index (κ2) is 4.86. The van der Waals surface area contributed by atoms with Gasteiger partial charge in [0.1, 0.15) is 6.10 Å². The Kier molecular flexibility index (Phi) is 3.67. The largest absolute Gasteiger partial charge is 0.385 e. The van der Waals surface area contributed by atoms with Crippen molar-refractivity contribution in [2.24, 2.45) is 0 Å². The van der Waals surface area contributed by atoms with E-state index in [1.807, 2.05) is 6.07 Å². The lowest BCUT2D eigenvalue weighted by atomic mass is 9.80. The highest BCUT2D eigenvalue weighted by Crippen LogP contribution is 2.42. The first-order chi connectivity index (χ1) is 7.68. The van der Waals surface area contributed by atoms with E-state index in [9.17, 15) is 5.11 Å². The Hall–Kier alpha value is -0.380. The number of aliphatic hydroxyl groups is 1. The van der Waals surface area contributed by atoms with Gasteiger partial charge < -0.3 is 9.84 Å². The number of hydrogen-bond acceptors (Lipinski definition) is 3. The first kappa shape index (κ1) is 12.1. The topological polar surface area (TPSA) is 29.5 Å². The van der Waals surface area contributed by atoms with E-state index in [1.165, 1.54) is 11.3 Å². The molecule has 0 spiro atoms. The zero-order valence-electron chi connectivity index (χ0n) is 10.0. The molecule has 0 aromatic carbocycles. The molecular weight excluding hydrogens is 220 g/mol. The molecule has 1 aliphatic carbocycles. The van der Waals surface area contributed by atoms with Crippen LogP contribution in [-0.2, 0) is 4.74 Å². The van der Waals surface area contributed by atoms with Gasteiger partial charge in [-0.1, -0.05) is 19.3 Å². The molecule has 2 rings (SSSR count).